The van der Waals surface area contributed by atoms with E-state index in [1.807, 2.05) is 49.4 Å². The first-order valence-corrected chi connectivity index (χ1v) is 18.4. The average molecular weight is 727 g/mol. The van der Waals surface area contributed by atoms with Crippen molar-refractivity contribution in [2.24, 2.45) is 0 Å². The number of likely N-dealkylation sites (tertiary alicyclic amines) is 2. The zero-order valence-corrected chi connectivity index (χ0v) is 30.2. The number of Topliss-reactive ketones (excluding diaryl/α,β-unsaturated/α-hetero) is 1. The van der Waals surface area contributed by atoms with Crippen LogP contribution in [0.1, 0.15) is 77.2 Å². The molecule has 2 N–H and O–H groups in total. The normalized spacial score (nSPS) is 18.4. The molecule has 0 aromatic heterocycles. The van der Waals surface area contributed by atoms with Crippen LogP contribution in [0.4, 0.5) is 10.5 Å². The summed E-state index contributed by atoms with van der Waals surface area (Å²) in [5, 5.41) is 5.50. The standard InChI is InChI=1S/C43H42N4O7/c1-26(28-11-5-3-6-12-28)41(51)46-21-9-15-35(46)37(48)24-27-17-19-31-32-20-18-30(25-34(32)39(49)33(31)23-27)44-40(50)36-16-10-22-47(36)42(52)38(45-43(53)54-2)29-13-7-4-8-14-29/h3-8,11-14,17-20,23,25-26,35-36,38H,9-10,15-16,21-22,24H2,1-2H3,(H,44,50)(H,45,53)/t26-,35+,36+,38-/m1/s1. The van der Waals surface area contributed by atoms with Crippen LogP contribution in [-0.4, -0.2) is 77.5 Å². The minimum atomic E-state index is -1.04. The highest BCUT2D eigenvalue weighted by Gasteiger charge is 2.39. The zero-order chi connectivity index (χ0) is 37.9. The molecule has 2 saturated heterocycles. The van der Waals surface area contributed by atoms with Gasteiger partial charge in [-0.05, 0) is 78.6 Å². The lowest BCUT2D eigenvalue weighted by molar-refractivity contribution is -0.138. The first kappa shape index (κ1) is 36.3. The Kier molecular flexibility index (Phi) is 10.4. The van der Waals surface area contributed by atoms with Crippen molar-refractivity contribution in [2.45, 2.75) is 63.1 Å². The first-order chi connectivity index (χ1) is 26.1. The number of benzene rings is 4. The topological polar surface area (TPSA) is 142 Å². The van der Waals surface area contributed by atoms with Crippen molar-refractivity contribution < 1.29 is 33.5 Å². The highest BCUT2D eigenvalue weighted by atomic mass is 16.5. The number of carbonyl (C=O) groups is 6. The van der Waals surface area contributed by atoms with E-state index in [-0.39, 0.29) is 29.8 Å². The number of carbonyl (C=O) groups excluding carboxylic acids is 6. The van der Waals surface area contributed by atoms with Crippen LogP contribution in [0.3, 0.4) is 0 Å². The number of hydrogen-bond acceptors (Lipinski definition) is 7. The molecule has 7 rings (SSSR count). The first-order valence-electron chi connectivity index (χ1n) is 18.4. The molecule has 4 aromatic carbocycles. The van der Waals surface area contributed by atoms with Gasteiger partial charge in [0.25, 0.3) is 5.91 Å². The molecule has 4 amide bonds. The smallest absolute Gasteiger partial charge is 0.407 e. The molecule has 0 saturated carbocycles. The third-order valence-corrected chi connectivity index (χ3v) is 10.8. The molecular weight excluding hydrogens is 684 g/mol. The molecular formula is C43H42N4O7. The number of nitrogens with one attached hydrogen (secondary N) is 2. The third-order valence-electron chi connectivity index (χ3n) is 10.8. The Hall–Kier alpha value is -6.10. The Balaban J connectivity index is 1.02. The van der Waals surface area contributed by atoms with E-state index in [0.29, 0.717) is 60.3 Å². The monoisotopic (exact) mass is 726 g/mol. The number of ether oxygens (including phenoxy) is 1. The summed E-state index contributed by atoms with van der Waals surface area (Å²) in [6, 6.07) is 26.6. The van der Waals surface area contributed by atoms with Crippen LogP contribution in [0.2, 0.25) is 0 Å². The van der Waals surface area contributed by atoms with Gasteiger partial charge < -0.3 is 25.2 Å². The van der Waals surface area contributed by atoms with Crippen LogP contribution < -0.4 is 10.6 Å². The summed E-state index contributed by atoms with van der Waals surface area (Å²) in [6.07, 6.45) is 1.75. The largest absolute Gasteiger partial charge is 0.453 e. The second-order valence-electron chi connectivity index (χ2n) is 14.1. The van der Waals surface area contributed by atoms with Crippen LogP contribution in [0.5, 0.6) is 0 Å². The van der Waals surface area contributed by atoms with Gasteiger partial charge in [-0.2, -0.15) is 0 Å². The van der Waals surface area contributed by atoms with E-state index in [1.54, 1.807) is 59.5 Å². The number of amides is 4. The van der Waals surface area contributed by atoms with Crippen molar-refractivity contribution in [3.05, 3.63) is 125 Å². The molecule has 11 heteroatoms. The summed E-state index contributed by atoms with van der Waals surface area (Å²) >= 11 is 0. The van der Waals surface area contributed by atoms with Gasteiger partial charge in [0.15, 0.2) is 11.6 Å². The second-order valence-corrected chi connectivity index (χ2v) is 14.1. The number of hydrogen-bond donors (Lipinski definition) is 2. The number of ketones is 2. The van der Waals surface area contributed by atoms with Crippen LogP contribution in [-0.2, 0) is 30.3 Å². The van der Waals surface area contributed by atoms with E-state index in [4.69, 9.17) is 4.74 Å². The van der Waals surface area contributed by atoms with Gasteiger partial charge in [-0.15, -0.1) is 0 Å². The molecule has 1 aliphatic carbocycles. The van der Waals surface area contributed by atoms with Crippen molar-refractivity contribution in [3.8, 4) is 11.1 Å². The highest BCUT2D eigenvalue weighted by molar-refractivity contribution is 6.22. The predicted octanol–water partition coefficient (Wildman–Crippen LogP) is 5.83. The van der Waals surface area contributed by atoms with E-state index in [9.17, 15) is 28.8 Å². The molecule has 11 nitrogen and oxygen atoms in total. The number of rotatable bonds is 10. The lowest BCUT2D eigenvalue weighted by atomic mass is 9.96. The molecule has 0 bridgehead atoms. The predicted molar refractivity (Wildman–Crippen MR) is 202 cm³/mol. The maximum atomic E-state index is 13.8. The van der Waals surface area contributed by atoms with E-state index in [1.165, 1.54) is 12.0 Å². The highest BCUT2D eigenvalue weighted by Crippen LogP contribution is 2.39. The Morgan fingerprint density at radius 2 is 1.31 bits per heavy atom. The van der Waals surface area contributed by atoms with Gasteiger partial charge in [0.2, 0.25) is 11.8 Å². The molecule has 2 fully saturated rings. The maximum Gasteiger partial charge on any atom is 0.407 e. The van der Waals surface area contributed by atoms with Crippen LogP contribution >= 0.6 is 0 Å². The van der Waals surface area contributed by atoms with Crippen LogP contribution in [0.15, 0.2) is 97.1 Å². The molecule has 54 heavy (non-hydrogen) atoms. The summed E-state index contributed by atoms with van der Waals surface area (Å²) in [5.41, 5.74) is 4.97. The summed E-state index contributed by atoms with van der Waals surface area (Å²) in [5.74, 6) is -1.49. The Morgan fingerprint density at radius 1 is 0.722 bits per heavy atom. The van der Waals surface area contributed by atoms with E-state index in [2.05, 4.69) is 10.6 Å². The molecule has 4 atom stereocenters. The summed E-state index contributed by atoms with van der Waals surface area (Å²) in [6.45, 7) is 2.75. The lowest BCUT2D eigenvalue weighted by Crippen LogP contribution is -2.48. The van der Waals surface area contributed by atoms with Crippen LogP contribution in [0, 0.1) is 0 Å². The number of fused-ring (bicyclic) bond motifs is 3. The molecule has 2 aliphatic heterocycles. The van der Waals surface area contributed by atoms with Crippen molar-refractivity contribution in [1.29, 1.82) is 0 Å². The minimum absolute atomic E-state index is 0.0513. The molecule has 0 unspecified atom stereocenters. The molecule has 4 aromatic rings. The number of alkyl carbamates (subject to hydrolysis) is 1. The van der Waals surface area contributed by atoms with Gasteiger partial charge in [0, 0.05) is 36.3 Å². The van der Waals surface area contributed by atoms with Gasteiger partial charge in [-0.1, -0.05) is 78.9 Å². The third kappa shape index (κ3) is 7.13. The van der Waals surface area contributed by atoms with Crippen molar-refractivity contribution in [2.75, 3.05) is 25.5 Å². The van der Waals surface area contributed by atoms with Crippen molar-refractivity contribution >= 4 is 41.1 Å². The second kappa shape index (κ2) is 15.5. The van der Waals surface area contributed by atoms with Gasteiger partial charge >= 0.3 is 6.09 Å². The Morgan fingerprint density at radius 3 is 1.98 bits per heavy atom. The summed E-state index contributed by atoms with van der Waals surface area (Å²) in [4.78, 5) is 83.6. The molecule has 0 radical (unpaired) electrons. The van der Waals surface area contributed by atoms with Gasteiger partial charge in [0.1, 0.15) is 12.1 Å². The SMILES string of the molecule is COC(=O)N[C@@H](C(=O)N1CCC[C@H]1C(=O)Nc1ccc2c(c1)C(=O)c1cc(CC(=O)[C@@H]3CCCN3C(=O)[C@H](C)c3ccccc3)ccc1-2)c1ccccc1. The maximum absolute atomic E-state index is 13.8. The van der Waals surface area contributed by atoms with Gasteiger partial charge in [0.05, 0.1) is 19.1 Å². The quantitative estimate of drug-likeness (QED) is 0.185. The van der Waals surface area contributed by atoms with Gasteiger partial charge in [-0.3, -0.25) is 24.0 Å². The Bertz CT molecular complexity index is 2120. The average Bonchev–Trinajstić information content (AvgIpc) is 3.96. The minimum Gasteiger partial charge on any atom is -0.453 e. The van der Waals surface area contributed by atoms with E-state index >= 15 is 0 Å². The Labute approximate surface area is 313 Å². The van der Waals surface area contributed by atoms with E-state index < -0.39 is 36.0 Å². The fourth-order valence-electron chi connectivity index (χ4n) is 7.94. The summed E-state index contributed by atoms with van der Waals surface area (Å²) < 4.78 is 4.76. The van der Waals surface area contributed by atoms with Crippen LogP contribution in [0.25, 0.3) is 11.1 Å². The molecule has 276 valence electrons. The van der Waals surface area contributed by atoms with Crippen molar-refractivity contribution in [1.82, 2.24) is 15.1 Å². The number of nitrogens with zero attached hydrogens (tertiary/aromatic N) is 2. The van der Waals surface area contributed by atoms with E-state index in [0.717, 1.165) is 23.1 Å². The van der Waals surface area contributed by atoms with Gasteiger partial charge in [-0.25, -0.2) is 4.79 Å². The molecule has 0 spiro atoms. The molecule has 2 heterocycles. The zero-order valence-electron chi connectivity index (χ0n) is 30.2. The summed E-state index contributed by atoms with van der Waals surface area (Å²) in [7, 11) is 1.22. The molecule has 3 aliphatic rings. The fraction of sp³-hybridized carbons (Fsp3) is 0.302. The number of anilines is 1. The lowest BCUT2D eigenvalue weighted by Gasteiger charge is -2.28. The number of methoxy groups -OCH3 is 1. The van der Waals surface area contributed by atoms with Crippen molar-refractivity contribution in [3.63, 3.8) is 0 Å². The fourth-order valence-corrected chi connectivity index (χ4v) is 7.94.